The van der Waals surface area contributed by atoms with Crippen LogP contribution in [0.25, 0.3) is 5.53 Å². The summed E-state index contributed by atoms with van der Waals surface area (Å²) in [6, 6.07) is 10.1. The zero-order valence-electron chi connectivity index (χ0n) is 11.6. The molecule has 0 radical (unpaired) electrons. The lowest BCUT2D eigenvalue weighted by Gasteiger charge is -2.21. The summed E-state index contributed by atoms with van der Waals surface area (Å²) < 4.78 is 9.56. The molecule has 0 spiro atoms. The van der Waals surface area contributed by atoms with Crippen molar-refractivity contribution in [1.29, 1.82) is 5.26 Å². The standard InChI is InChI=1S/C14H13N3O4/c1-3-20-12(18)11(17-16)13(19)21-14(2,9-15)10-7-5-4-6-8-10/h4-8H,3H2,1-2H3. The molecule has 7 heteroatoms. The first-order valence-corrected chi connectivity index (χ1v) is 6.07. The Hall–Kier alpha value is -2.97. The number of ether oxygens (including phenoxy) is 2. The second kappa shape index (κ2) is 6.98. The number of nitriles is 1. The molecule has 108 valence electrons. The van der Waals surface area contributed by atoms with Crippen molar-refractivity contribution < 1.29 is 23.9 Å². The maximum atomic E-state index is 11.9. The van der Waals surface area contributed by atoms with E-state index in [0.717, 1.165) is 0 Å². The van der Waals surface area contributed by atoms with Gasteiger partial charge in [-0.25, -0.2) is 9.59 Å². The van der Waals surface area contributed by atoms with Crippen LogP contribution in [0.15, 0.2) is 30.3 Å². The minimum absolute atomic E-state index is 0.000658. The van der Waals surface area contributed by atoms with Gasteiger partial charge in [0.25, 0.3) is 0 Å². The first-order chi connectivity index (χ1) is 9.98. The van der Waals surface area contributed by atoms with Crippen LogP contribution in [-0.2, 0) is 24.7 Å². The zero-order valence-corrected chi connectivity index (χ0v) is 11.6. The molecule has 0 N–H and O–H groups in total. The van der Waals surface area contributed by atoms with E-state index in [-0.39, 0.29) is 6.61 Å². The van der Waals surface area contributed by atoms with E-state index >= 15 is 0 Å². The van der Waals surface area contributed by atoms with Crippen LogP contribution in [0.1, 0.15) is 19.4 Å². The van der Waals surface area contributed by atoms with Gasteiger partial charge >= 0.3 is 17.7 Å². The van der Waals surface area contributed by atoms with E-state index in [4.69, 9.17) is 10.3 Å². The largest absolute Gasteiger partial charge is 0.482 e. The minimum atomic E-state index is -1.62. The molecule has 7 nitrogen and oxygen atoms in total. The molecule has 0 fully saturated rings. The number of rotatable bonds is 5. The van der Waals surface area contributed by atoms with E-state index in [0.29, 0.717) is 5.56 Å². The average Bonchev–Trinajstić information content (AvgIpc) is 2.49. The van der Waals surface area contributed by atoms with Gasteiger partial charge in [0.2, 0.25) is 5.60 Å². The summed E-state index contributed by atoms with van der Waals surface area (Å²) in [6.07, 6.45) is 0. The third-order valence-corrected chi connectivity index (χ3v) is 2.60. The van der Waals surface area contributed by atoms with Gasteiger partial charge in [0.1, 0.15) is 6.07 Å². The SMILES string of the molecule is CCOC(=O)C(=[N+]=[N-])C(=O)OC(C)(C#N)c1ccccc1. The van der Waals surface area contributed by atoms with E-state index < -0.39 is 23.3 Å². The molecule has 21 heavy (non-hydrogen) atoms. The van der Waals surface area contributed by atoms with Crippen LogP contribution in [0.2, 0.25) is 0 Å². The van der Waals surface area contributed by atoms with E-state index in [1.54, 1.807) is 30.3 Å². The maximum absolute atomic E-state index is 11.9. The molecule has 0 saturated heterocycles. The summed E-state index contributed by atoms with van der Waals surface area (Å²) in [6.45, 7) is 2.89. The molecular formula is C14H13N3O4. The molecule has 1 aromatic rings. The molecule has 0 amide bonds. The van der Waals surface area contributed by atoms with Crippen molar-refractivity contribution in [2.24, 2.45) is 0 Å². The van der Waals surface area contributed by atoms with Crippen LogP contribution in [-0.4, -0.2) is 29.0 Å². The van der Waals surface area contributed by atoms with Gasteiger partial charge in [-0.1, -0.05) is 30.3 Å². The molecule has 1 aromatic carbocycles. The molecule has 0 aliphatic carbocycles. The summed E-state index contributed by atoms with van der Waals surface area (Å²) in [5, 5.41) is 9.24. The second-order valence-electron chi connectivity index (χ2n) is 4.07. The molecule has 0 saturated carbocycles. The third-order valence-electron chi connectivity index (χ3n) is 2.60. The van der Waals surface area contributed by atoms with Gasteiger partial charge in [-0.05, 0) is 13.8 Å². The van der Waals surface area contributed by atoms with Crippen molar-refractivity contribution in [2.45, 2.75) is 19.4 Å². The Kier molecular flexibility index (Phi) is 5.35. The fraction of sp³-hybridized carbons (Fsp3) is 0.286. The number of hydrogen-bond donors (Lipinski definition) is 0. The smallest absolute Gasteiger partial charge is 0.457 e. The molecule has 0 aromatic heterocycles. The molecular weight excluding hydrogens is 274 g/mol. The second-order valence-corrected chi connectivity index (χ2v) is 4.07. The Bertz CT molecular complexity index is 629. The number of carbonyl (C=O) groups is 2. The number of hydrogen-bond acceptors (Lipinski definition) is 5. The Labute approximate surface area is 121 Å². The van der Waals surface area contributed by atoms with Crippen LogP contribution in [0.4, 0.5) is 0 Å². The summed E-state index contributed by atoms with van der Waals surface area (Å²) in [5.41, 5.74) is 6.61. The van der Waals surface area contributed by atoms with Crippen LogP contribution in [0.3, 0.4) is 0 Å². The first kappa shape index (κ1) is 16.1. The molecule has 1 unspecified atom stereocenters. The monoisotopic (exact) mass is 287 g/mol. The minimum Gasteiger partial charge on any atom is -0.457 e. The lowest BCUT2D eigenvalue weighted by molar-refractivity contribution is -0.155. The van der Waals surface area contributed by atoms with Gasteiger partial charge in [-0.3, -0.25) is 0 Å². The Morgan fingerprint density at radius 1 is 1.33 bits per heavy atom. The summed E-state index contributed by atoms with van der Waals surface area (Å²) in [4.78, 5) is 25.9. The van der Waals surface area contributed by atoms with Gasteiger partial charge in [0, 0.05) is 5.56 Å². The van der Waals surface area contributed by atoms with Crippen molar-refractivity contribution in [1.82, 2.24) is 0 Å². The molecule has 0 heterocycles. The number of carbonyl (C=O) groups excluding carboxylic acids is 2. The molecule has 0 aliphatic rings. The summed E-state index contributed by atoms with van der Waals surface area (Å²) in [5.74, 6) is -2.37. The topological polar surface area (TPSA) is 113 Å². The highest BCUT2D eigenvalue weighted by molar-refractivity contribution is 6.60. The zero-order chi connectivity index (χ0) is 15.9. The molecule has 0 bridgehead atoms. The Balaban J connectivity index is 3.02. The normalized spacial score (nSPS) is 12.2. The number of nitrogens with zero attached hydrogens (tertiary/aromatic N) is 3. The number of esters is 2. The molecule has 1 rings (SSSR count). The van der Waals surface area contributed by atoms with Crippen molar-refractivity contribution in [3.8, 4) is 6.07 Å². The lowest BCUT2D eigenvalue weighted by atomic mass is 9.97. The van der Waals surface area contributed by atoms with Gasteiger partial charge in [0.15, 0.2) is 0 Å². The van der Waals surface area contributed by atoms with Gasteiger partial charge < -0.3 is 15.0 Å². The lowest BCUT2D eigenvalue weighted by Crippen LogP contribution is -2.36. The Morgan fingerprint density at radius 2 is 1.95 bits per heavy atom. The van der Waals surface area contributed by atoms with E-state index in [9.17, 15) is 14.9 Å². The van der Waals surface area contributed by atoms with Crippen molar-refractivity contribution in [3.05, 3.63) is 41.4 Å². The van der Waals surface area contributed by atoms with E-state index in [1.807, 2.05) is 6.07 Å². The fourth-order valence-electron chi connectivity index (χ4n) is 1.50. The first-order valence-electron chi connectivity index (χ1n) is 6.07. The summed E-state index contributed by atoms with van der Waals surface area (Å²) in [7, 11) is 0. The molecule has 1 atom stereocenters. The predicted molar refractivity (Wildman–Crippen MR) is 70.8 cm³/mol. The highest BCUT2D eigenvalue weighted by Crippen LogP contribution is 2.24. The molecule has 0 aliphatic heterocycles. The quantitative estimate of drug-likeness (QED) is 0.265. The van der Waals surface area contributed by atoms with E-state index in [2.05, 4.69) is 9.53 Å². The highest BCUT2D eigenvalue weighted by Gasteiger charge is 2.40. The third kappa shape index (κ3) is 3.75. The van der Waals surface area contributed by atoms with Crippen molar-refractivity contribution in [3.63, 3.8) is 0 Å². The van der Waals surface area contributed by atoms with Crippen LogP contribution < -0.4 is 0 Å². The average molecular weight is 287 g/mol. The van der Waals surface area contributed by atoms with Crippen LogP contribution >= 0.6 is 0 Å². The van der Waals surface area contributed by atoms with Crippen LogP contribution in [0, 0.1) is 11.3 Å². The Morgan fingerprint density at radius 3 is 2.43 bits per heavy atom. The van der Waals surface area contributed by atoms with Gasteiger partial charge in [-0.15, -0.1) is 0 Å². The fourth-order valence-corrected chi connectivity index (χ4v) is 1.50. The maximum Gasteiger partial charge on any atom is 0.482 e. The van der Waals surface area contributed by atoms with Gasteiger partial charge in [-0.2, -0.15) is 10.1 Å². The van der Waals surface area contributed by atoms with Crippen molar-refractivity contribution >= 4 is 17.7 Å². The predicted octanol–water partition coefficient (Wildman–Crippen LogP) is 1.20. The summed E-state index contributed by atoms with van der Waals surface area (Å²) >= 11 is 0. The highest BCUT2D eigenvalue weighted by atomic mass is 16.6. The van der Waals surface area contributed by atoms with Crippen molar-refractivity contribution in [2.75, 3.05) is 6.61 Å². The van der Waals surface area contributed by atoms with Crippen LogP contribution in [0.5, 0.6) is 0 Å². The number of benzene rings is 1. The van der Waals surface area contributed by atoms with E-state index in [1.165, 1.54) is 13.8 Å². The van der Waals surface area contributed by atoms with Gasteiger partial charge in [0.05, 0.1) is 6.61 Å².